The van der Waals surface area contributed by atoms with Crippen molar-refractivity contribution in [1.82, 2.24) is 4.90 Å². The smallest absolute Gasteiger partial charge is 0.226 e. The molecule has 0 radical (unpaired) electrons. The van der Waals surface area contributed by atoms with E-state index in [4.69, 9.17) is 16.3 Å². The Labute approximate surface area is 116 Å². The molecule has 2 unspecified atom stereocenters. The van der Waals surface area contributed by atoms with Gasteiger partial charge in [-0.25, -0.2) is 0 Å². The van der Waals surface area contributed by atoms with E-state index in [2.05, 4.69) is 13.8 Å². The summed E-state index contributed by atoms with van der Waals surface area (Å²) in [6, 6.07) is 0. The third-order valence-corrected chi connectivity index (χ3v) is 4.27. The Balaban J connectivity index is 2.56. The number of hydrogen-bond acceptors (Lipinski definition) is 2. The molecule has 1 aliphatic carbocycles. The maximum Gasteiger partial charge on any atom is 0.226 e. The summed E-state index contributed by atoms with van der Waals surface area (Å²) in [5.74, 6) is 0.379. The summed E-state index contributed by atoms with van der Waals surface area (Å²) in [6.07, 6.45) is 4.55. The Hall–Kier alpha value is -0.280. The summed E-state index contributed by atoms with van der Waals surface area (Å²) < 4.78 is 5.00. The molecule has 0 saturated heterocycles. The van der Waals surface area contributed by atoms with Crippen molar-refractivity contribution in [3.63, 3.8) is 0 Å². The minimum Gasteiger partial charge on any atom is -0.383 e. The van der Waals surface area contributed by atoms with Crippen molar-refractivity contribution in [2.45, 2.75) is 44.9 Å². The molecule has 106 valence electrons. The normalized spacial score (nSPS) is 24.6. The van der Waals surface area contributed by atoms with E-state index < -0.39 is 0 Å². The van der Waals surface area contributed by atoms with Crippen LogP contribution in [0.15, 0.2) is 0 Å². The maximum atomic E-state index is 12.5. The van der Waals surface area contributed by atoms with Crippen molar-refractivity contribution < 1.29 is 9.53 Å². The van der Waals surface area contributed by atoms with E-state index in [1.807, 2.05) is 7.05 Å². The predicted octanol–water partition coefficient (Wildman–Crippen LogP) is 2.92. The number of methoxy groups -OCH3 is 1. The van der Waals surface area contributed by atoms with Crippen LogP contribution in [0.5, 0.6) is 0 Å². The van der Waals surface area contributed by atoms with Gasteiger partial charge in [-0.15, -0.1) is 11.6 Å². The van der Waals surface area contributed by atoms with E-state index in [1.54, 1.807) is 12.0 Å². The molecule has 0 spiro atoms. The monoisotopic (exact) mass is 275 g/mol. The zero-order valence-corrected chi connectivity index (χ0v) is 12.8. The first kappa shape index (κ1) is 15.8. The van der Waals surface area contributed by atoms with Crippen LogP contribution < -0.4 is 0 Å². The van der Waals surface area contributed by atoms with Crippen LogP contribution in [0.2, 0.25) is 0 Å². The predicted molar refractivity (Wildman–Crippen MR) is 74.9 cm³/mol. The second kappa shape index (κ2) is 6.76. The Bertz CT molecular complexity index is 281. The summed E-state index contributed by atoms with van der Waals surface area (Å²) in [6.45, 7) is 5.44. The van der Waals surface area contributed by atoms with Crippen molar-refractivity contribution in [3.8, 4) is 0 Å². The van der Waals surface area contributed by atoms with Crippen LogP contribution in [0.25, 0.3) is 0 Å². The highest BCUT2D eigenvalue weighted by molar-refractivity contribution is 6.21. The number of halogens is 1. The quantitative estimate of drug-likeness (QED) is 0.722. The number of carbonyl (C=O) groups is 1. The van der Waals surface area contributed by atoms with E-state index in [-0.39, 0.29) is 22.6 Å². The second-order valence-electron chi connectivity index (χ2n) is 6.06. The molecule has 1 aliphatic rings. The highest BCUT2D eigenvalue weighted by atomic mass is 35.5. The summed E-state index contributed by atoms with van der Waals surface area (Å²) in [4.78, 5) is 14.3. The molecule has 3 nitrogen and oxygen atoms in total. The fourth-order valence-corrected chi connectivity index (χ4v) is 3.17. The number of rotatable bonds is 5. The Morgan fingerprint density at radius 2 is 2.17 bits per heavy atom. The lowest BCUT2D eigenvalue weighted by atomic mass is 9.68. The Morgan fingerprint density at radius 3 is 2.72 bits per heavy atom. The van der Waals surface area contributed by atoms with Crippen molar-refractivity contribution in [3.05, 3.63) is 0 Å². The van der Waals surface area contributed by atoms with Crippen LogP contribution >= 0.6 is 11.6 Å². The van der Waals surface area contributed by atoms with Gasteiger partial charge < -0.3 is 9.64 Å². The van der Waals surface area contributed by atoms with Gasteiger partial charge in [0.05, 0.1) is 12.0 Å². The Kier molecular flexibility index (Phi) is 5.93. The first-order chi connectivity index (χ1) is 8.38. The molecule has 0 aromatic heterocycles. The zero-order valence-electron chi connectivity index (χ0n) is 12.0. The highest BCUT2D eigenvalue weighted by Crippen LogP contribution is 2.41. The first-order valence-corrected chi connectivity index (χ1v) is 7.20. The van der Waals surface area contributed by atoms with Gasteiger partial charge >= 0.3 is 0 Å². The molecule has 0 bridgehead atoms. The third kappa shape index (κ3) is 4.13. The Morgan fingerprint density at radius 1 is 1.50 bits per heavy atom. The minimum atomic E-state index is -0.129. The molecular formula is C14H26ClNO2. The van der Waals surface area contributed by atoms with Gasteiger partial charge in [-0.1, -0.05) is 26.7 Å². The standard InChI is InChI=1S/C14H26ClNO2/c1-14(2)8-6-5-7-12(14)13(17)16(3)9-11(15)10-18-4/h11-12H,5-10H2,1-4H3. The fourth-order valence-electron chi connectivity index (χ4n) is 2.84. The molecule has 2 atom stereocenters. The molecule has 0 aromatic rings. The highest BCUT2D eigenvalue weighted by Gasteiger charge is 2.38. The molecular weight excluding hydrogens is 250 g/mol. The third-order valence-electron chi connectivity index (χ3n) is 4.00. The van der Waals surface area contributed by atoms with E-state index in [0.29, 0.717) is 13.2 Å². The van der Waals surface area contributed by atoms with Crippen molar-refractivity contribution in [2.24, 2.45) is 11.3 Å². The van der Waals surface area contributed by atoms with Gasteiger partial charge in [0, 0.05) is 26.6 Å². The summed E-state index contributed by atoms with van der Waals surface area (Å²) in [7, 11) is 3.47. The van der Waals surface area contributed by atoms with Gasteiger partial charge in [-0.2, -0.15) is 0 Å². The average Bonchev–Trinajstić information content (AvgIpc) is 2.27. The molecule has 18 heavy (non-hydrogen) atoms. The van der Waals surface area contributed by atoms with E-state index >= 15 is 0 Å². The van der Waals surface area contributed by atoms with Gasteiger partial charge in [0.15, 0.2) is 0 Å². The minimum absolute atomic E-state index is 0.118. The summed E-state index contributed by atoms with van der Waals surface area (Å²) in [5, 5.41) is -0.129. The van der Waals surface area contributed by atoms with Crippen LogP contribution in [-0.4, -0.2) is 43.5 Å². The second-order valence-corrected chi connectivity index (χ2v) is 6.68. The van der Waals surface area contributed by atoms with Gasteiger partial charge in [-0.05, 0) is 18.3 Å². The molecule has 1 saturated carbocycles. The lowest BCUT2D eigenvalue weighted by Crippen LogP contribution is -2.44. The van der Waals surface area contributed by atoms with Crippen molar-refractivity contribution in [1.29, 1.82) is 0 Å². The molecule has 1 rings (SSSR count). The maximum absolute atomic E-state index is 12.5. The lowest BCUT2D eigenvalue weighted by molar-refractivity contribution is -0.139. The molecule has 4 heteroatoms. The number of carbonyl (C=O) groups excluding carboxylic acids is 1. The van der Waals surface area contributed by atoms with Gasteiger partial charge in [0.25, 0.3) is 0 Å². The van der Waals surface area contributed by atoms with Crippen LogP contribution in [0.1, 0.15) is 39.5 Å². The van der Waals surface area contributed by atoms with Crippen LogP contribution in [-0.2, 0) is 9.53 Å². The first-order valence-electron chi connectivity index (χ1n) is 6.76. The average molecular weight is 276 g/mol. The van der Waals surface area contributed by atoms with E-state index in [0.717, 1.165) is 19.3 Å². The number of amides is 1. The number of ether oxygens (including phenoxy) is 1. The van der Waals surface area contributed by atoms with Crippen molar-refractivity contribution in [2.75, 3.05) is 27.3 Å². The van der Waals surface area contributed by atoms with Gasteiger partial charge in [-0.3, -0.25) is 4.79 Å². The lowest BCUT2D eigenvalue weighted by Gasteiger charge is -2.39. The van der Waals surface area contributed by atoms with Gasteiger partial charge in [0.2, 0.25) is 5.91 Å². The topological polar surface area (TPSA) is 29.5 Å². The van der Waals surface area contributed by atoms with Crippen molar-refractivity contribution >= 4 is 17.5 Å². The molecule has 0 heterocycles. The zero-order chi connectivity index (χ0) is 13.8. The molecule has 0 N–H and O–H groups in total. The summed E-state index contributed by atoms with van der Waals surface area (Å²) in [5.41, 5.74) is 0.118. The fraction of sp³-hybridized carbons (Fsp3) is 0.929. The molecule has 1 amide bonds. The van der Waals surface area contributed by atoms with E-state index in [1.165, 1.54) is 6.42 Å². The van der Waals surface area contributed by atoms with Crippen LogP contribution in [0.3, 0.4) is 0 Å². The summed E-state index contributed by atoms with van der Waals surface area (Å²) >= 11 is 6.11. The van der Waals surface area contributed by atoms with E-state index in [9.17, 15) is 4.79 Å². The largest absolute Gasteiger partial charge is 0.383 e. The number of alkyl halides is 1. The molecule has 0 aliphatic heterocycles. The van der Waals surface area contributed by atoms with Crippen LogP contribution in [0, 0.1) is 11.3 Å². The van der Waals surface area contributed by atoms with Crippen LogP contribution in [0.4, 0.5) is 0 Å². The molecule has 1 fully saturated rings. The molecule has 0 aromatic carbocycles. The SMILES string of the molecule is COCC(Cl)CN(C)C(=O)C1CCCCC1(C)C. The number of nitrogens with zero attached hydrogens (tertiary/aromatic N) is 1. The number of hydrogen-bond donors (Lipinski definition) is 0. The van der Waals surface area contributed by atoms with Gasteiger partial charge in [0.1, 0.15) is 0 Å².